The van der Waals surface area contributed by atoms with E-state index in [4.69, 9.17) is 5.73 Å². The van der Waals surface area contributed by atoms with Crippen molar-refractivity contribution in [2.45, 2.75) is 0 Å². The van der Waals surface area contributed by atoms with Crippen LogP contribution in [0.3, 0.4) is 0 Å². The lowest BCUT2D eigenvalue weighted by molar-refractivity contribution is 0.0555. The molecule has 2 N–H and O–H groups in total. The lowest BCUT2D eigenvalue weighted by atomic mass is 10.0. The predicted octanol–water partition coefficient (Wildman–Crippen LogP) is 2.23. The smallest absolute Gasteiger partial charge is 0.338 e. The van der Waals surface area contributed by atoms with Crippen LogP contribution in [-0.2, 0) is 9.47 Å². The molecular weight excluding hydrogens is 381 g/mol. The first kappa shape index (κ1) is 15.7. The van der Waals surface area contributed by atoms with Crippen LogP contribution in [0.5, 0.6) is 0 Å². The van der Waals surface area contributed by atoms with Crippen LogP contribution in [0.4, 0.5) is 5.69 Å². The van der Waals surface area contributed by atoms with Crippen molar-refractivity contribution in [2.75, 3.05) is 20.0 Å². The van der Waals surface area contributed by atoms with Gasteiger partial charge in [0.2, 0.25) is 0 Å². The Kier molecular flexibility index (Phi) is 5.98. The minimum atomic E-state index is -0.658. The zero-order valence-electron chi connectivity index (χ0n) is 10.2. The number of ether oxygens (including phenoxy) is 2. The van der Waals surface area contributed by atoms with Crippen molar-refractivity contribution in [2.24, 2.45) is 0 Å². The average Bonchev–Trinajstić information content (AvgIpc) is 2.43. The molecule has 0 unspecified atom stereocenters. The second kappa shape index (κ2) is 7.25. The Hall–Kier alpha value is -1.40. The Bertz CT molecular complexity index is 577. The molecule has 0 amide bonds. The lowest BCUT2D eigenvalue weighted by Gasteiger charge is -2.09. The molecule has 0 fully saturated rings. The topological polar surface area (TPSA) is 78.6 Å². The Balaban J connectivity index is 3.45. The van der Waals surface area contributed by atoms with E-state index in [1.807, 2.05) is 21.2 Å². The molecule has 1 rings (SSSR count). The standard InChI is InChI=1S/C12H10INO4S/c1-17-11(15)8-5-7(3-4-19-13)10(14)6-9(8)12(16)18-2/h5-6H,14H2,1-2H3. The van der Waals surface area contributed by atoms with Gasteiger partial charge in [0.25, 0.3) is 0 Å². The second-order valence-electron chi connectivity index (χ2n) is 3.27. The van der Waals surface area contributed by atoms with Crippen molar-refractivity contribution in [3.05, 3.63) is 28.8 Å². The van der Waals surface area contributed by atoms with Gasteiger partial charge in [-0.15, -0.1) is 0 Å². The maximum atomic E-state index is 11.7. The fourth-order valence-corrected chi connectivity index (χ4v) is 1.84. The monoisotopic (exact) mass is 391 g/mol. The molecule has 0 heterocycles. The van der Waals surface area contributed by atoms with Gasteiger partial charge in [-0.05, 0) is 26.3 Å². The highest BCUT2D eigenvalue weighted by Gasteiger charge is 2.20. The van der Waals surface area contributed by atoms with Crippen molar-refractivity contribution < 1.29 is 19.1 Å². The number of anilines is 1. The molecule has 0 radical (unpaired) electrons. The van der Waals surface area contributed by atoms with Gasteiger partial charge in [0.05, 0.1) is 25.3 Å². The van der Waals surface area contributed by atoms with Crippen LogP contribution in [0, 0.1) is 11.2 Å². The molecule has 0 saturated heterocycles. The Morgan fingerprint density at radius 3 is 2.21 bits per heavy atom. The molecule has 0 aliphatic rings. The van der Waals surface area contributed by atoms with Gasteiger partial charge in [0.1, 0.15) is 0 Å². The first-order chi connectivity index (χ1) is 9.04. The molecule has 0 atom stereocenters. The molecule has 0 spiro atoms. The molecule has 0 aliphatic heterocycles. The molecule has 0 aliphatic carbocycles. The van der Waals surface area contributed by atoms with Gasteiger partial charge in [0.15, 0.2) is 0 Å². The number of carbonyl (C=O) groups is 2. The van der Waals surface area contributed by atoms with Gasteiger partial charge in [0, 0.05) is 32.5 Å². The zero-order chi connectivity index (χ0) is 14.4. The SMILES string of the molecule is COC(=O)c1cc(N)c(C#CSI)cc1C(=O)OC. The van der Waals surface area contributed by atoms with Crippen LogP contribution in [-0.4, -0.2) is 26.2 Å². The first-order valence-electron chi connectivity index (χ1n) is 4.93. The number of nitrogen functional groups attached to an aromatic ring is 1. The number of esters is 2. The van der Waals surface area contributed by atoms with Crippen LogP contribution < -0.4 is 5.73 Å². The average molecular weight is 391 g/mol. The summed E-state index contributed by atoms with van der Waals surface area (Å²) >= 11 is 2.02. The van der Waals surface area contributed by atoms with E-state index < -0.39 is 11.9 Å². The summed E-state index contributed by atoms with van der Waals surface area (Å²) in [5.74, 6) is 1.48. The normalized spacial score (nSPS) is 9.21. The Labute approximate surface area is 126 Å². The van der Waals surface area contributed by atoms with E-state index >= 15 is 0 Å². The van der Waals surface area contributed by atoms with E-state index in [1.165, 1.54) is 35.3 Å². The summed E-state index contributed by atoms with van der Waals surface area (Å²) in [6.07, 6.45) is 0. The zero-order valence-corrected chi connectivity index (χ0v) is 13.1. The van der Waals surface area contributed by atoms with E-state index in [-0.39, 0.29) is 11.1 Å². The number of rotatable bonds is 2. The van der Waals surface area contributed by atoms with E-state index in [1.54, 1.807) is 0 Å². The highest BCUT2D eigenvalue weighted by molar-refractivity contribution is 14.2. The molecule has 19 heavy (non-hydrogen) atoms. The predicted molar refractivity (Wildman–Crippen MR) is 82.0 cm³/mol. The molecule has 1 aromatic rings. The van der Waals surface area contributed by atoms with Gasteiger partial charge >= 0.3 is 11.9 Å². The number of hydrogen-bond acceptors (Lipinski definition) is 6. The lowest BCUT2D eigenvalue weighted by Crippen LogP contribution is -2.13. The summed E-state index contributed by atoms with van der Waals surface area (Å²) in [6, 6.07) is 2.78. The van der Waals surface area contributed by atoms with Crippen LogP contribution in [0.1, 0.15) is 26.3 Å². The van der Waals surface area contributed by atoms with E-state index in [2.05, 4.69) is 20.6 Å². The van der Waals surface area contributed by atoms with Gasteiger partial charge in [-0.2, -0.15) is 0 Å². The highest BCUT2D eigenvalue weighted by Crippen LogP contribution is 2.21. The molecule has 100 valence electrons. The van der Waals surface area contributed by atoms with Gasteiger partial charge in [-0.25, -0.2) is 9.59 Å². The summed E-state index contributed by atoms with van der Waals surface area (Å²) in [5.41, 5.74) is 6.67. The van der Waals surface area contributed by atoms with Gasteiger partial charge in [-0.3, -0.25) is 0 Å². The highest BCUT2D eigenvalue weighted by atomic mass is 127. The maximum absolute atomic E-state index is 11.7. The number of carbonyl (C=O) groups excluding carboxylic acids is 2. The molecule has 0 saturated carbocycles. The van der Waals surface area contributed by atoms with Gasteiger partial charge < -0.3 is 15.2 Å². The minimum absolute atomic E-state index is 0.0551. The summed E-state index contributed by atoms with van der Waals surface area (Å²) in [5, 5.41) is 2.76. The molecule has 0 aromatic heterocycles. The number of nitrogens with two attached hydrogens (primary N) is 1. The summed E-state index contributed by atoms with van der Waals surface area (Å²) in [7, 11) is 3.74. The van der Waals surface area contributed by atoms with Gasteiger partial charge in [-0.1, -0.05) is 5.92 Å². The van der Waals surface area contributed by atoms with Crippen molar-refractivity contribution in [3.63, 3.8) is 0 Å². The number of benzene rings is 1. The molecule has 1 aromatic carbocycles. The summed E-state index contributed by atoms with van der Waals surface area (Å²) in [4.78, 5) is 23.3. The molecule has 5 nitrogen and oxygen atoms in total. The van der Waals surface area contributed by atoms with E-state index in [0.717, 1.165) is 0 Å². The summed E-state index contributed by atoms with van der Waals surface area (Å²) in [6.45, 7) is 0. The van der Waals surface area contributed by atoms with E-state index in [9.17, 15) is 9.59 Å². The van der Waals surface area contributed by atoms with Crippen molar-refractivity contribution in [1.29, 1.82) is 0 Å². The fraction of sp³-hybridized carbons (Fsp3) is 0.167. The molecule has 7 heteroatoms. The second-order valence-corrected chi connectivity index (χ2v) is 4.95. The molecule has 0 bridgehead atoms. The Morgan fingerprint density at radius 2 is 1.74 bits per heavy atom. The maximum Gasteiger partial charge on any atom is 0.338 e. The number of halogens is 1. The number of methoxy groups -OCH3 is 2. The van der Waals surface area contributed by atoms with Crippen molar-refractivity contribution in [3.8, 4) is 11.2 Å². The summed E-state index contributed by atoms with van der Waals surface area (Å²) < 4.78 is 9.23. The minimum Gasteiger partial charge on any atom is -0.465 e. The first-order valence-corrected chi connectivity index (χ1v) is 8.29. The number of hydrogen-bond donors (Lipinski definition) is 1. The molecular formula is C12H10INO4S. The van der Waals surface area contributed by atoms with Crippen LogP contribution in [0.15, 0.2) is 12.1 Å². The fourth-order valence-electron chi connectivity index (χ4n) is 1.36. The van der Waals surface area contributed by atoms with Crippen molar-refractivity contribution >= 4 is 47.8 Å². The van der Waals surface area contributed by atoms with Crippen molar-refractivity contribution in [1.82, 2.24) is 0 Å². The third-order valence-corrected chi connectivity index (χ3v) is 3.06. The third kappa shape index (κ3) is 3.78. The van der Waals surface area contributed by atoms with Crippen LogP contribution >= 0.6 is 30.1 Å². The van der Waals surface area contributed by atoms with E-state index in [0.29, 0.717) is 11.3 Å². The van der Waals surface area contributed by atoms with Crippen LogP contribution in [0.2, 0.25) is 0 Å². The Morgan fingerprint density at radius 1 is 1.21 bits per heavy atom. The van der Waals surface area contributed by atoms with Crippen LogP contribution in [0.25, 0.3) is 0 Å². The largest absolute Gasteiger partial charge is 0.465 e. The quantitative estimate of drug-likeness (QED) is 0.361. The third-order valence-electron chi connectivity index (χ3n) is 2.22.